The fourth-order valence-corrected chi connectivity index (χ4v) is 3.49. The van der Waals surface area contributed by atoms with Gasteiger partial charge in [-0.25, -0.2) is 9.59 Å². The van der Waals surface area contributed by atoms with Gasteiger partial charge in [0.25, 0.3) is 0 Å². The lowest BCUT2D eigenvalue weighted by molar-refractivity contribution is -0.134. The van der Waals surface area contributed by atoms with Crippen LogP contribution in [0.5, 0.6) is 5.75 Å². The molecule has 0 bridgehead atoms. The van der Waals surface area contributed by atoms with Gasteiger partial charge in [-0.05, 0) is 37.0 Å². The molecule has 0 aliphatic heterocycles. The van der Waals surface area contributed by atoms with Gasteiger partial charge < -0.3 is 19.8 Å². The Morgan fingerprint density at radius 2 is 1.67 bits per heavy atom. The summed E-state index contributed by atoms with van der Waals surface area (Å²) < 4.78 is 6.41. The third-order valence-corrected chi connectivity index (χ3v) is 5.05. The summed E-state index contributed by atoms with van der Waals surface area (Å²) in [5, 5.41) is 20.1. The number of carbonyl (C=O) groups is 2. The van der Waals surface area contributed by atoms with Crippen LogP contribution in [0.3, 0.4) is 0 Å². The van der Waals surface area contributed by atoms with E-state index in [0.29, 0.717) is 12.2 Å². The number of carboxylic acid groups (broad SMARTS) is 2. The summed E-state index contributed by atoms with van der Waals surface area (Å²) >= 11 is 1.76. The topological polar surface area (TPSA) is 87.1 Å². The second-order valence-electron chi connectivity index (χ2n) is 6.70. The van der Waals surface area contributed by atoms with Crippen molar-refractivity contribution in [3.63, 3.8) is 0 Å². The number of carboxylic acids is 2. The fourth-order valence-electron chi connectivity index (χ4n) is 2.70. The number of fused-ring (bicyclic) bond motifs is 1. The van der Waals surface area contributed by atoms with Crippen LogP contribution in [0.2, 0.25) is 0 Å². The highest BCUT2D eigenvalue weighted by Crippen LogP contribution is 2.32. The fraction of sp³-hybridized carbons (Fsp3) is 0.217. The van der Waals surface area contributed by atoms with Crippen LogP contribution in [0.25, 0.3) is 10.8 Å². The third-order valence-electron chi connectivity index (χ3n) is 4.09. The predicted octanol–water partition coefficient (Wildman–Crippen LogP) is 4.68. The van der Waals surface area contributed by atoms with Crippen molar-refractivity contribution in [1.29, 1.82) is 0 Å². The molecule has 0 spiro atoms. The molecule has 0 amide bonds. The molecule has 1 aromatic heterocycles. The number of aliphatic carboxylic acids is 2. The highest BCUT2D eigenvalue weighted by molar-refractivity contribution is 7.10. The molecule has 3 aromatic rings. The van der Waals surface area contributed by atoms with Crippen LogP contribution in [0.1, 0.15) is 17.4 Å². The van der Waals surface area contributed by atoms with Gasteiger partial charge in [0.05, 0.1) is 0 Å². The van der Waals surface area contributed by atoms with Crippen LogP contribution in [-0.2, 0) is 9.59 Å². The number of thiophene rings is 1. The van der Waals surface area contributed by atoms with E-state index in [1.807, 2.05) is 0 Å². The molecule has 2 aromatic carbocycles. The summed E-state index contributed by atoms with van der Waals surface area (Å²) in [5.41, 5.74) is 0. The molecule has 0 unspecified atom stereocenters. The second-order valence-corrected chi connectivity index (χ2v) is 7.68. The Morgan fingerprint density at radius 3 is 2.27 bits per heavy atom. The number of hydrogen-bond donors (Lipinski definition) is 2. The van der Waals surface area contributed by atoms with Crippen molar-refractivity contribution in [2.45, 2.75) is 12.5 Å². The van der Waals surface area contributed by atoms with Crippen molar-refractivity contribution in [1.82, 2.24) is 4.90 Å². The molecule has 1 heterocycles. The molecule has 6 nitrogen and oxygen atoms in total. The summed E-state index contributed by atoms with van der Waals surface area (Å²) in [7, 11) is 4.20. The van der Waals surface area contributed by atoms with E-state index in [4.69, 9.17) is 14.9 Å². The minimum absolute atomic E-state index is 0.105. The van der Waals surface area contributed by atoms with E-state index < -0.39 is 11.9 Å². The molecule has 3 rings (SSSR count). The van der Waals surface area contributed by atoms with Gasteiger partial charge in [-0.1, -0.05) is 42.5 Å². The molecule has 0 radical (unpaired) electrons. The SMILES string of the molecule is CN(C)CC[C@@H](Oc1cccc2ccccc12)c1cccs1.O=C(O)C=CC(=O)O. The predicted molar refractivity (Wildman–Crippen MR) is 119 cm³/mol. The molecule has 1 atom stereocenters. The van der Waals surface area contributed by atoms with Gasteiger partial charge in [-0.15, -0.1) is 11.3 Å². The molecular formula is C23H25NO5S. The third kappa shape index (κ3) is 7.69. The van der Waals surface area contributed by atoms with Crippen LogP contribution in [0, 0.1) is 0 Å². The lowest BCUT2D eigenvalue weighted by Crippen LogP contribution is -2.18. The Labute approximate surface area is 179 Å². The summed E-state index contributed by atoms with van der Waals surface area (Å²) in [6, 6.07) is 18.9. The molecule has 158 valence electrons. The van der Waals surface area contributed by atoms with Gasteiger partial charge >= 0.3 is 11.9 Å². The minimum atomic E-state index is -1.26. The van der Waals surface area contributed by atoms with Crippen molar-refractivity contribution < 1.29 is 24.5 Å². The van der Waals surface area contributed by atoms with Gasteiger partial charge in [-0.2, -0.15) is 0 Å². The maximum absolute atomic E-state index is 9.55. The Kier molecular flexibility index (Phi) is 9.05. The molecule has 0 saturated carbocycles. The zero-order chi connectivity index (χ0) is 21.9. The highest BCUT2D eigenvalue weighted by atomic mass is 32.1. The standard InChI is InChI=1S/C19H21NOS.C4H4O4/c1-20(2)13-12-18(19-11-6-14-22-19)21-17-10-5-8-15-7-3-4-9-16(15)17;5-3(6)1-2-4(7)8/h3-11,14,18H,12-13H2,1-2H3;1-2H,(H,5,6)(H,7,8)/t18-;/m1./s1. The van der Waals surface area contributed by atoms with E-state index >= 15 is 0 Å². The van der Waals surface area contributed by atoms with Gasteiger partial charge in [0, 0.05) is 35.4 Å². The van der Waals surface area contributed by atoms with Gasteiger partial charge in [0.2, 0.25) is 0 Å². The van der Waals surface area contributed by atoms with Gasteiger partial charge in [-0.3, -0.25) is 0 Å². The Balaban J connectivity index is 0.000000343. The summed E-state index contributed by atoms with van der Waals surface area (Å²) in [6.07, 6.45) is 2.20. The summed E-state index contributed by atoms with van der Waals surface area (Å²) in [4.78, 5) is 22.6. The Bertz CT molecular complexity index is 961. The number of benzene rings is 2. The van der Waals surface area contributed by atoms with Crippen LogP contribution in [-0.4, -0.2) is 47.7 Å². The van der Waals surface area contributed by atoms with E-state index in [1.165, 1.54) is 15.6 Å². The average molecular weight is 428 g/mol. The van der Waals surface area contributed by atoms with Crippen molar-refractivity contribution >= 4 is 34.0 Å². The monoisotopic (exact) mass is 427 g/mol. The van der Waals surface area contributed by atoms with E-state index in [2.05, 4.69) is 79.0 Å². The van der Waals surface area contributed by atoms with Crippen LogP contribution in [0.15, 0.2) is 72.1 Å². The largest absolute Gasteiger partial charge is 0.484 e. The van der Waals surface area contributed by atoms with Gasteiger partial charge in [0.15, 0.2) is 0 Å². The Hall–Kier alpha value is -3.16. The average Bonchev–Trinajstić information content (AvgIpc) is 3.25. The lowest BCUT2D eigenvalue weighted by Gasteiger charge is -2.21. The quantitative estimate of drug-likeness (QED) is 0.508. The van der Waals surface area contributed by atoms with Crippen LogP contribution < -0.4 is 4.74 Å². The van der Waals surface area contributed by atoms with Crippen molar-refractivity contribution in [2.24, 2.45) is 0 Å². The second kappa shape index (κ2) is 11.7. The van der Waals surface area contributed by atoms with Crippen molar-refractivity contribution in [3.05, 3.63) is 77.0 Å². The van der Waals surface area contributed by atoms with Crippen LogP contribution in [0.4, 0.5) is 0 Å². The molecule has 0 fully saturated rings. The first kappa shape index (κ1) is 23.1. The van der Waals surface area contributed by atoms with Crippen molar-refractivity contribution in [3.8, 4) is 5.75 Å². The van der Waals surface area contributed by atoms with E-state index in [1.54, 1.807) is 11.3 Å². The summed E-state index contributed by atoms with van der Waals surface area (Å²) in [6.45, 7) is 1.01. The molecule has 7 heteroatoms. The molecule has 0 aliphatic rings. The highest BCUT2D eigenvalue weighted by Gasteiger charge is 2.16. The van der Waals surface area contributed by atoms with E-state index in [9.17, 15) is 9.59 Å². The normalized spacial score (nSPS) is 11.8. The molecular weight excluding hydrogens is 402 g/mol. The number of nitrogens with zero attached hydrogens (tertiary/aromatic N) is 1. The maximum atomic E-state index is 9.55. The first-order valence-corrected chi connectivity index (χ1v) is 10.2. The van der Waals surface area contributed by atoms with E-state index in [-0.39, 0.29) is 6.10 Å². The number of ether oxygens (including phenoxy) is 1. The first-order chi connectivity index (χ1) is 14.4. The zero-order valence-corrected chi connectivity index (χ0v) is 17.7. The zero-order valence-electron chi connectivity index (χ0n) is 16.9. The number of hydrogen-bond acceptors (Lipinski definition) is 5. The maximum Gasteiger partial charge on any atom is 0.328 e. The molecule has 30 heavy (non-hydrogen) atoms. The van der Waals surface area contributed by atoms with Crippen LogP contribution >= 0.6 is 11.3 Å². The molecule has 2 N–H and O–H groups in total. The van der Waals surface area contributed by atoms with Gasteiger partial charge in [0.1, 0.15) is 11.9 Å². The first-order valence-electron chi connectivity index (χ1n) is 9.33. The Morgan fingerprint density at radius 1 is 1.00 bits per heavy atom. The smallest absolute Gasteiger partial charge is 0.328 e. The molecule has 0 saturated heterocycles. The van der Waals surface area contributed by atoms with E-state index in [0.717, 1.165) is 18.7 Å². The lowest BCUT2D eigenvalue weighted by atomic mass is 10.1. The molecule has 0 aliphatic carbocycles. The summed E-state index contributed by atoms with van der Waals surface area (Å²) in [5.74, 6) is -1.55. The number of rotatable bonds is 8. The minimum Gasteiger partial charge on any atom is -0.484 e. The van der Waals surface area contributed by atoms with Crippen molar-refractivity contribution in [2.75, 3.05) is 20.6 Å².